The van der Waals surface area contributed by atoms with Crippen LogP contribution in [-0.4, -0.2) is 20.6 Å². The van der Waals surface area contributed by atoms with Crippen LogP contribution < -0.4 is 5.73 Å². The molecule has 74 valence electrons. The maximum Gasteiger partial charge on any atom is 0.195 e. The van der Waals surface area contributed by atoms with Gasteiger partial charge in [0.15, 0.2) is 5.82 Å². The largest absolute Gasteiger partial charge is 0.318 e. The van der Waals surface area contributed by atoms with Crippen LogP contribution >= 0.6 is 12.4 Å². The summed E-state index contributed by atoms with van der Waals surface area (Å²) in [6, 6.07) is 9.35. The maximum atomic E-state index is 5.88. The van der Waals surface area contributed by atoms with Crippen molar-refractivity contribution in [2.45, 2.75) is 6.04 Å². The zero-order valence-corrected chi connectivity index (χ0v) is 8.11. The number of aromatic amines is 1. The zero-order chi connectivity index (χ0) is 9.10. The van der Waals surface area contributed by atoms with E-state index in [1.807, 2.05) is 30.3 Å². The minimum atomic E-state index is -0.306. The Hall–Kier alpha value is -1.46. The predicted molar refractivity (Wildman–Crippen MR) is 53.9 cm³/mol. The van der Waals surface area contributed by atoms with Crippen LogP contribution in [0.1, 0.15) is 17.4 Å². The number of hydrogen-bond donors (Lipinski definition) is 2. The molecule has 0 fully saturated rings. The summed E-state index contributed by atoms with van der Waals surface area (Å²) in [4.78, 5) is 0. The minimum Gasteiger partial charge on any atom is -0.318 e. The van der Waals surface area contributed by atoms with Crippen molar-refractivity contribution in [3.63, 3.8) is 0 Å². The Morgan fingerprint density at radius 2 is 1.93 bits per heavy atom. The Balaban J connectivity index is 0.000000980. The van der Waals surface area contributed by atoms with E-state index in [1.54, 1.807) is 0 Å². The van der Waals surface area contributed by atoms with Crippen LogP contribution in [0.2, 0.25) is 0 Å². The molecule has 14 heavy (non-hydrogen) atoms. The lowest BCUT2D eigenvalue weighted by atomic mass is 10.1. The molecule has 1 aromatic heterocycles. The highest BCUT2D eigenvalue weighted by molar-refractivity contribution is 5.85. The first-order valence-electron chi connectivity index (χ1n) is 3.92. The topological polar surface area (TPSA) is 80.5 Å². The molecule has 0 bridgehead atoms. The second kappa shape index (κ2) is 4.69. The average Bonchev–Trinajstić information content (AvgIpc) is 2.71. The van der Waals surface area contributed by atoms with Gasteiger partial charge in [0.1, 0.15) is 0 Å². The predicted octanol–water partition coefficient (Wildman–Crippen LogP) is 0.670. The third kappa shape index (κ3) is 2.07. The van der Waals surface area contributed by atoms with Gasteiger partial charge in [0.25, 0.3) is 0 Å². The van der Waals surface area contributed by atoms with Gasteiger partial charge in [-0.3, -0.25) is 0 Å². The third-order valence-electron chi connectivity index (χ3n) is 1.80. The number of nitrogens with one attached hydrogen (secondary N) is 1. The molecule has 1 heterocycles. The van der Waals surface area contributed by atoms with Crippen molar-refractivity contribution in [3.8, 4) is 0 Å². The molecule has 1 atom stereocenters. The summed E-state index contributed by atoms with van der Waals surface area (Å²) in [7, 11) is 0. The molecule has 2 rings (SSSR count). The van der Waals surface area contributed by atoms with Gasteiger partial charge in [0, 0.05) is 0 Å². The lowest BCUT2D eigenvalue weighted by Crippen LogP contribution is -2.13. The minimum absolute atomic E-state index is 0. The summed E-state index contributed by atoms with van der Waals surface area (Å²) < 4.78 is 0. The Labute approximate surface area is 87.1 Å². The third-order valence-corrected chi connectivity index (χ3v) is 1.80. The van der Waals surface area contributed by atoms with E-state index < -0.39 is 0 Å². The molecule has 2 aromatic rings. The van der Waals surface area contributed by atoms with E-state index in [1.165, 1.54) is 0 Å². The average molecular weight is 212 g/mol. The molecule has 0 spiro atoms. The molecule has 0 aliphatic rings. The van der Waals surface area contributed by atoms with Gasteiger partial charge in [0.05, 0.1) is 6.04 Å². The quantitative estimate of drug-likeness (QED) is 0.765. The fourth-order valence-corrected chi connectivity index (χ4v) is 1.11. The van der Waals surface area contributed by atoms with Crippen LogP contribution in [-0.2, 0) is 0 Å². The van der Waals surface area contributed by atoms with Crippen molar-refractivity contribution in [2.75, 3.05) is 0 Å². The number of benzene rings is 1. The second-order valence-electron chi connectivity index (χ2n) is 2.66. The lowest BCUT2D eigenvalue weighted by molar-refractivity contribution is 0.785. The molecule has 6 heteroatoms. The molecule has 0 saturated heterocycles. The molecule has 5 nitrogen and oxygen atoms in total. The van der Waals surface area contributed by atoms with Crippen LogP contribution in [0.25, 0.3) is 0 Å². The van der Waals surface area contributed by atoms with Gasteiger partial charge < -0.3 is 5.73 Å². The van der Waals surface area contributed by atoms with Crippen LogP contribution in [0.5, 0.6) is 0 Å². The normalized spacial score (nSPS) is 11.8. The Bertz CT molecular complexity index is 360. The number of tetrazole rings is 1. The Morgan fingerprint density at radius 1 is 1.21 bits per heavy atom. The summed E-state index contributed by atoms with van der Waals surface area (Å²) in [5.41, 5.74) is 6.85. The van der Waals surface area contributed by atoms with Crippen molar-refractivity contribution < 1.29 is 0 Å². The summed E-state index contributed by atoms with van der Waals surface area (Å²) in [5, 5.41) is 13.5. The fraction of sp³-hybridized carbons (Fsp3) is 0.125. The van der Waals surface area contributed by atoms with Crippen LogP contribution in [0.3, 0.4) is 0 Å². The summed E-state index contributed by atoms with van der Waals surface area (Å²) in [5.74, 6) is 0.506. The smallest absolute Gasteiger partial charge is 0.195 e. The van der Waals surface area contributed by atoms with Crippen LogP contribution in [0.4, 0.5) is 0 Å². The van der Waals surface area contributed by atoms with E-state index >= 15 is 0 Å². The zero-order valence-electron chi connectivity index (χ0n) is 7.29. The molecule has 1 unspecified atom stereocenters. The number of rotatable bonds is 2. The van der Waals surface area contributed by atoms with Gasteiger partial charge in [0.2, 0.25) is 0 Å². The molecular formula is C8H10ClN5. The van der Waals surface area contributed by atoms with Crippen molar-refractivity contribution >= 4 is 12.4 Å². The van der Waals surface area contributed by atoms with Crippen LogP contribution in [0, 0.1) is 0 Å². The first-order valence-corrected chi connectivity index (χ1v) is 3.92. The van der Waals surface area contributed by atoms with E-state index in [4.69, 9.17) is 5.73 Å². The Morgan fingerprint density at radius 3 is 2.50 bits per heavy atom. The molecular weight excluding hydrogens is 202 g/mol. The van der Waals surface area contributed by atoms with Crippen molar-refractivity contribution in [1.29, 1.82) is 0 Å². The summed E-state index contributed by atoms with van der Waals surface area (Å²) in [6.45, 7) is 0. The van der Waals surface area contributed by atoms with Gasteiger partial charge in [-0.15, -0.1) is 22.6 Å². The lowest BCUT2D eigenvalue weighted by Gasteiger charge is -2.05. The molecule has 3 N–H and O–H groups in total. The second-order valence-corrected chi connectivity index (χ2v) is 2.66. The summed E-state index contributed by atoms with van der Waals surface area (Å²) in [6.07, 6.45) is 0. The number of hydrogen-bond acceptors (Lipinski definition) is 4. The van der Waals surface area contributed by atoms with E-state index in [0.29, 0.717) is 5.82 Å². The number of nitrogens with two attached hydrogens (primary N) is 1. The highest BCUT2D eigenvalue weighted by Gasteiger charge is 2.11. The maximum absolute atomic E-state index is 5.88. The van der Waals surface area contributed by atoms with Gasteiger partial charge in [-0.2, -0.15) is 5.21 Å². The van der Waals surface area contributed by atoms with Crippen molar-refractivity contribution in [3.05, 3.63) is 41.7 Å². The van der Waals surface area contributed by atoms with E-state index in [0.717, 1.165) is 5.56 Å². The fourth-order valence-electron chi connectivity index (χ4n) is 1.11. The van der Waals surface area contributed by atoms with Gasteiger partial charge in [-0.05, 0) is 5.56 Å². The van der Waals surface area contributed by atoms with E-state index in [2.05, 4.69) is 20.6 Å². The molecule has 1 aromatic carbocycles. The number of H-pyrrole nitrogens is 1. The standard InChI is InChI=1S/C8H9N5.ClH/c9-7(8-10-12-13-11-8)6-4-2-1-3-5-6;/h1-5,7H,9H2,(H,10,11,12,13);1H. The van der Waals surface area contributed by atoms with Gasteiger partial charge in [-0.1, -0.05) is 35.5 Å². The first kappa shape index (κ1) is 10.6. The molecule has 0 aliphatic carbocycles. The molecule has 0 radical (unpaired) electrons. The monoisotopic (exact) mass is 211 g/mol. The van der Waals surface area contributed by atoms with Gasteiger partial charge in [-0.25, -0.2) is 0 Å². The highest BCUT2D eigenvalue weighted by atomic mass is 35.5. The summed E-state index contributed by atoms with van der Waals surface area (Å²) >= 11 is 0. The number of halogens is 1. The van der Waals surface area contributed by atoms with Gasteiger partial charge >= 0.3 is 0 Å². The molecule has 0 saturated carbocycles. The van der Waals surface area contributed by atoms with E-state index in [-0.39, 0.29) is 18.4 Å². The van der Waals surface area contributed by atoms with E-state index in [9.17, 15) is 0 Å². The molecule has 0 amide bonds. The van der Waals surface area contributed by atoms with Crippen LogP contribution in [0.15, 0.2) is 30.3 Å². The Kier molecular flexibility index (Phi) is 3.55. The highest BCUT2D eigenvalue weighted by Crippen LogP contribution is 2.13. The van der Waals surface area contributed by atoms with Crippen molar-refractivity contribution in [2.24, 2.45) is 5.73 Å². The number of nitrogens with zero attached hydrogens (tertiary/aromatic N) is 3. The molecule has 0 aliphatic heterocycles. The van der Waals surface area contributed by atoms with Crippen molar-refractivity contribution in [1.82, 2.24) is 20.6 Å². The SMILES string of the molecule is Cl.NC(c1ccccc1)c1nn[nH]n1. The first-order chi connectivity index (χ1) is 6.38. The number of aromatic nitrogens is 4.